The van der Waals surface area contributed by atoms with Crippen LogP contribution in [0.25, 0.3) is 0 Å². The smallest absolute Gasteiger partial charge is 0.407 e. The highest BCUT2D eigenvalue weighted by Gasteiger charge is 2.19. The summed E-state index contributed by atoms with van der Waals surface area (Å²) in [6.45, 7) is 8.58. The molecular formula is C13H25N2O4S-. The van der Waals surface area contributed by atoms with E-state index >= 15 is 0 Å². The lowest BCUT2D eigenvalue weighted by molar-refractivity contribution is 0.0519. The molecule has 1 fully saturated rings. The Labute approximate surface area is 123 Å². The van der Waals surface area contributed by atoms with E-state index in [1.54, 1.807) is 0 Å². The molecule has 0 aliphatic carbocycles. The number of rotatable bonds is 5. The largest absolute Gasteiger partial charge is 0.772 e. The lowest BCUT2D eigenvalue weighted by Gasteiger charge is -2.32. The van der Waals surface area contributed by atoms with Gasteiger partial charge in [-0.15, -0.1) is 0 Å². The van der Waals surface area contributed by atoms with Crippen LogP contribution in [0.1, 0.15) is 33.6 Å². The Morgan fingerprint density at radius 3 is 2.50 bits per heavy atom. The molecule has 7 heteroatoms. The van der Waals surface area contributed by atoms with Gasteiger partial charge in [0.1, 0.15) is 5.60 Å². The minimum Gasteiger partial charge on any atom is -0.772 e. The van der Waals surface area contributed by atoms with Gasteiger partial charge in [-0.2, -0.15) is 0 Å². The van der Waals surface area contributed by atoms with Crippen molar-refractivity contribution >= 4 is 17.2 Å². The Kier molecular flexibility index (Phi) is 6.91. The van der Waals surface area contributed by atoms with E-state index in [0.29, 0.717) is 6.54 Å². The molecule has 1 aliphatic rings. The van der Waals surface area contributed by atoms with Gasteiger partial charge in [-0.05, 0) is 52.6 Å². The predicted molar refractivity (Wildman–Crippen MR) is 77.2 cm³/mol. The Morgan fingerprint density at radius 1 is 1.40 bits per heavy atom. The van der Waals surface area contributed by atoms with Gasteiger partial charge in [-0.1, -0.05) is 11.1 Å². The summed E-state index contributed by atoms with van der Waals surface area (Å²) in [5.41, 5.74) is -0.476. The molecule has 1 aliphatic heterocycles. The minimum absolute atomic E-state index is 0.268. The molecule has 0 aromatic heterocycles. The molecule has 1 N–H and O–H groups in total. The minimum atomic E-state index is -1.94. The van der Waals surface area contributed by atoms with E-state index in [9.17, 15) is 13.6 Å². The zero-order chi connectivity index (χ0) is 15.2. The average molecular weight is 305 g/mol. The number of carbonyl (C=O) groups excluding carboxylic acids is 1. The second kappa shape index (κ2) is 7.95. The van der Waals surface area contributed by atoms with Crippen molar-refractivity contribution < 1.29 is 18.3 Å². The van der Waals surface area contributed by atoms with Crippen molar-refractivity contribution in [3.8, 4) is 0 Å². The fourth-order valence-electron chi connectivity index (χ4n) is 2.20. The summed E-state index contributed by atoms with van der Waals surface area (Å²) in [6, 6.07) is 0. The van der Waals surface area contributed by atoms with E-state index in [4.69, 9.17) is 4.74 Å². The first-order chi connectivity index (χ1) is 9.26. The summed E-state index contributed by atoms with van der Waals surface area (Å²) < 4.78 is 26.4. The van der Waals surface area contributed by atoms with Gasteiger partial charge in [0.2, 0.25) is 0 Å². The highest BCUT2D eigenvalue weighted by atomic mass is 32.2. The average Bonchev–Trinajstić information content (AvgIpc) is 2.28. The predicted octanol–water partition coefficient (Wildman–Crippen LogP) is 1.10. The van der Waals surface area contributed by atoms with E-state index in [0.717, 1.165) is 32.5 Å². The van der Waals surface area contributed by atoms with Gasteiger partial charge in [0.15, 0.2) is 0 Å². The van der Waals surface area contributed by atoms with E-state index in [1.165, 1.54) is 0 Å². The third kappa shape index (κ3) is 7.81. The second-order valence-electron chi connectivity index (χ2n) is 6.18. The molecule has 20 heavy (non-hydrogen) atoms. The molecule has 0 spiro atoms. The Hall–Kier alpha value is -0.660. The molecule has 0 aromatic rings. The normalized spacial score (nSPS) is 19.6. The number of carbonyl (C=O) groups is 1. The first kappa shape index (κ1) is 17.4. The molecule has 1 saturated heterocycles. The first-order valence-corrected chi connectivity index (χ1v) is 8.26. The summed E-state index contributed by atoms with van der Waals surface area (Å²) in [4.78, 5) is 13.7. The molecule has 1 atom stereocenters. The monoisotopic (exact) mass is 305 g/mol. The second-order valence-corrected chi connectivity index (χ2v) is 7.12. The van der Waals surface area contributed by atoms with Crippen LogP contribution in [-0.4, -0.2) is 57.3 Å². The Balaban J connectivity index is 2.12. The van der Waals surface area contributed by atoms with E-state index in [2.05, 4.69) is 10.2 Å². The molecule has 6 nitrogen and oxygen atoms in total. The van der Waals surface area contributed by atoms with Crippen LogP contribution in [0.2, 0.25) is 0 Å². The van der Waals surface area contributed by atoms with Crippen LogP contribution < -0.4 is 5.32 Å². The number of alkyl carbamates (subject to hydrolysis) is 1. The summed E-state index contributed by atoms with van der Waals surface area (Å²) in [5, 5.41) is 2.73. The zero-order valence-electron chi connectivity index (χ0n) is 12.5. The molecule has 0 saturated carbocycles. The van der Waals surface area contributed by atoms with Gasteiger partial charge in [-0.3, -0.25) is 4.21 Å². The number of hydrogen-bond donors (Lipinski definition) is 1. The highest BCUT2D eigenvalue weighted by Crippen LogP contribution is 2.17. The molecule has 1 amide bonds. The van der Waals surface area contributed by atoms with Crippen molar-refractivity contribution in [3.63, 3.8) is 0 Å². The van der Waals surface area contributed by atoms with Crippen LogP contribution in [0.3, 0.4) is 0 Å². The third-order valence-corrected chi connectivity index (χ3v) is 3.92. The van der Waals surface area contributed by atoms with Crippen LogP contribution in [0.15, 0.2) is 0 Å². The molecule has 1 heterocycles. The molecule has 0 radical (unpaired) electrons. The fourth-order valence-corrected chi connectivity index (χ4v) is 2.92. The standard InChI is InChI=1S/C13H26N2O4S/c1-13(2,3)19-12(16)14-6-9-15-7-4-11(5-8-15)10-20(17)18/h11H,4-10H2,1-3H3,(H,14,16)(H,17,18)/p-1. The lowest BCUT2D eigenvalue weighted by atomic mass is 9.99. The van der Waals surface area contributed by atoms with Gasteiger partial charge in [0, 0.05) is 18.8 Å². The topological polar surface area (TPSA) is 81.7 Å². The number of nitrogens with one attached hydrogen (secondary N) is 1. The van der Waals surface area contributed by atoms with E-state index in [1.807, 2.05) is 20.8 Å². The maximum absolute atomic E-state index is 11.5. The van der Waals surface area contributed by atoms with Crippen molar-refractivity contribution in [1.29, 1.82) is 0 Å². The van der Waals surface area contributed by atoms with E-state index in [-0.39, 0.29) is 11.7 Å². The third-order valence-electron chi connectivity index (χ3n) is 3.18. The number of hydrogen-bond acceptors (Lipinski definition) is 5. The summed E-state index contributed by atoms with van der Waals surface area (Å²) in [7, 11) is 0. The summed E-state index contributed by atoms with van der Waals surface area (Å²) >= 11 is -1.94. The number of ether oxygens (including phenoxy) is 1. The van der Waals surface area contributed by atoms with Crippen LogP contribution >= 0.6 is 0 Å². The molecular weight excluding hydrogens is 280 g/mol. The Morgan fingerprint density at radius 2 is 2.00 bits per heavy atom. The van der Waals surface area contributed by atoms with Crippen LogP contribution in [0.4, 0.5) is 4.79 Å². The Bertz CT molecular complexity index is 336. The van der Waals surface area contributed by atoms with Crippen molar-refractivity contribution in [3.05, 3.63) is 0 Å². The van der Waals surface area contributed by atoms with E-state index < -0.39 is 22.8 Å². The molecule has 0 bridgehead atoms. The maximum Gasteiger partial charge on any atom is 0.407 e. The lowest BCUT2D eigenvalue weighted by Crippen LogP contribution is -2.41. The van der Waals surface area contributed by atoms with Crippen molar-refractivity contribution in [2.24, 2.45) is 5.92 Å². The van der Waals surface area contributed by atoms with Gasteiger partial charge < -0.3 is 19.5 Å². The van der Waals surface area contributed by atoms with Gasteiger partial charge in [-0.25, -0.2) is 4.79 Å². The van der Waals surface area contributed by atoms with Gasteiger partial charge in [0.05, 0.1) is 0 Å². The quantitative estimate of drug-likeness (QED) is 0.769. The van der Waals surface area contributed by atoms with Crippen LogP contribution in [0.5, 0.6) is 0 Å². The van der Waals surface area contributed by atoms with Crippen molar-refractivity contribution in [2.75, 3.05) is 31.9 Å². The highest BCUT2D eigenvalue weighted by molar-refractivity contribution is 7.79. The zero-order valence-corrected chi connectivity index (χ0v) is 13.3. The van der Waals surface area contributed by atoms with Gasteiger partial charge in [0.25, 0.3) is 0 Å². The number of likely N-dealkylation sites (tertiary alicyclic amines) is 1. The number of amides is 1. The van der Waals surface area contributed by atoms with Crippen molar-refractivity contribution in [1.82, 2.24) is 10.2 Å². The van der Waals surface area contributed by atoms with Crippen LogP contribution in [-0.2, 0) is 15.8 Å². The SMILES string of the molecule is CC(C)(C)OC(=O)NCCN1CCC(CS(=O)[O-])CC1. The van der Waals surface area contributed by atoms with Gasteiger partial charge >= 0.3 is 6.09 Å². The fraction of sp³-hybridized carbons (Fsp3) is 0.923. The molecule has 0 aromatic carbocycles. The first-order valence-electron chi connectivity index (χ1n) is 7.01. The summed E-state index contributed by atoms with van der Waals surface area (Å²) in [5.74, 6) is 0.549. The summed E-state index contributed by atoms with van der Waals surface area (Å²) in [6.07, 6.45) is 1.41. The molecule has 1 unspecified atom stereocenters. The maximum atomic E-state index is 11.5. The number of piperidine rings is 1. The molecule has 1 rings (SSSR count). The number of nitrogens with zero attached hydrogens (tertiary/aromatic N) is 1. The molecule has 118 valence electrons. The van der Waals surface area contributed by atoms with Crippen LogP contribution in [0, 0.1) is 5.92 Å². The van der Waals surface area contributed by atoms with Crippen molar-refractivity contribution in [2.45, 2.75) is 39.2 Å².